The van der Waals surface area contributed by atoms with E-state index in [-0.39, 0.29) is 24.2 Å². The average molecular weight is 327 g/mol. The highest BCUT2D eigenvalue weighted by Gasteiger charge is 2.51. The molecule has 4 nitrogen and oxygen atoms in total. The van der Waals surface area contributed by atoms with Crippen molar-refractivity contribution in [1.29, 1.82) is 0 Å². The maximum Gasteiger partial charge on any atom is 0.252 e. The molecule has 1 N–H and O–H groups in total. The van der Waals surface area contributed by atoms with Gasteiger partial charge in [-0.3, -0.25) is 9.59 Å². The van der Waals surface area contributed by atoms with E-state index >= 15 is 0 Å². The van der Waals surface area contributed by atoms with E-state index in [1.807, 2.05) is 6.92 Å². The van der Waals surface area contributed by atoms with E-state index in [4.69, 9.17) is 23.2 Å². The summed E-state index contributed by atoms with van der Waals surface area (Å²) in [6.45, 7) is 2.15. The second-order valence-corrected chi connectivity index (χ2v) is 6.73. The van der Waals surface area contributed by atoms with Crippen LogP contribution in [-0.4, -0.2) is 23.9 Å². The van der Waals surface area contributed by atoms with Crippen LogP contribution in [0.4, 0.5) is 5.69 Å². The van der Waals surface area contributed by atoms with Gasteiger partial charge in [0.2, 0.25) is 5.91 Å². The topological polar surface area (TPSA) is 49.4 Å². The summed E-state index contributed by atoms with van der Waals surface area (Å²) in [7, 11) is 0. The van der Waals surface area contributed by atoms with Crippen molar-refractivity contribution < 1.29 is 9.59 Å². The van der Waals surface area contributed by atoms with Crippen molar-refractivity contribution in [2.75, 3.05) is 11.4 Å². The molecule has 1 heterocycles. The lowest BCUT2D eigenvalue weighted by atomic mass is 9.94. The molecule has 1 aromatic carbocycles. The third kappa shape index (κ3) is 2.74. The van der Waals surface area contributed by atoms with Gasteiger partial charge in [0, 0.05) is 28.7 Å². The first-order chi connectivity index (χ1) is 9.90. The number of nitrogens with zero attached hydrogens (tertiary/aromatic N) is 1. The van der Waals surface area contributed by atoms with Crippen molar-refractivity contribution in [1.82, 2.24) is 5.32 Å². The molecule has 1 unspecified atom stereocenters. The summed E-state index contributed by atoms with van der Waals surface area (Å²) in [6, 6.07) is 5.03. The maximum atomic E-state index is 12.9. The number of benzene rings is 1. The van der Waals surface area contributed by atoms with Crippen LogP contribution in [0.5, 0.6) is 0 Å². The Hall–Kier alpha value is -1.26. The van der Waals surface area contributed by atoms with Crippen LogP contribution < -0.4 is 10.2 Å². The highest BCUT2D eigenvalue weighted by atomic mass is 35.5. The Morgan fingerprint density at radius 1 is 1.19 bits per heavy atom. The van der Waals surface area contributed by atoms with Crippen LogP contribution in [0.3, 0.4) is 0 Å². The van der Waals surface area contributed by atoms with E-state index in [1.54, 1.807) is 23.1 Å². The summed E-state index contributed by atoms with van der Waals surface area (Å²) in [4.78, 5) is 26.5. The number of hydrogen-bond acceptors (Lipinski definition) is 2. The molecule has 1 atom stereocenters. The number of amides is 2. The zero-order chi connectivity index (χ0) is 15.2. The predicted molar refractivity (Wildman–Crippen MR) is 82.7 cm³/mol. The molecule has 6 heteroatoms. The molecule has 1 saturated heterocycles. The molecule has 0 bridgehead atoms. The van der Waals surface area contributed by atoms with Gasteiger partial charge < -0.3 is 10.2 Å². The number of carbonyl (C=O) groups excluding carboxylic acids is 2. The van der Waals surface area contributed by atoms with Crippen LogP contribution in [0, 0.1) is 5.92 Å². The van der Waals surface area contributed by atoms with E-state index in [1.165, 1.54) is 0 Å². The molecule has 2 amide bonds. The molecule has 1 saturated carbocycles. The number of anilines is 1. The van der Waals surface area contributed by atoms with E-state index in [0.29, 0.717) is 22.3 Å². The Balaban J connectivity index is 2.00. The van der Waals surface area contributed by atoms with Crippen molar-refractivity contribution in [2.45, 2.75) is 31.7 Å². The first-order valence-electron chi connectivity index (χ1n) is 6.99. The minimum Gasteiger partial charge on any atom is -0.342 e. The van der Waals surface area contributed by atoms with Gasteiger partial charge in [-0.05, 0) is 43.9 Å². The fourth-order valence-corrected chi connectivity index (χ4v) is 3.39. The van der Waals surface area contributed by atoms with Crippen LogP contribution in [0.2, 0.25) is 10.0 Å². The molecule has 0 spiro atoms. The fraction of sp³-hybridized carbons (Fsp3) is 0.467. The summed E-state index contributed by atoms with van der Waals surface area (Å²) < 4.78 is 0. The van der Waals surface area contributed by atoms with Crippen LogP contribution in [0.15, 0.2) is 18.2 Å². The van der Waals surface area contributed by atoms with Gasteiger partial charge in [-0.2, -0.15) is 0 Å². The Bertz CT molecular complexity index is 595. The Morgan fingerprint density at radius 2 is 1.81 bits per heavy atom. The Labute approximate surface area is 133 Å². The Morgan fingerprint density at radius 3 is 2.38 bits per heavy atom. The number of carbonyl (C=O) groups is 2. The van der Waals surface area contributed by atoms with Gasteiger partial charge in [0.05, 0.1) is 0 Å². The lowest BCUT2D eigenvalue weighted by Crippen LogP contribution is -2.56. The summed E-state index contributed by atoms with van der Waals surface area (Å²) >= 11 is 12.1. The monoisotopic (exact) mass is 326 g/mol. The SMILES string of the molecule is CC1(C2CC2)NC(=O)CCN(c2cc(Cl)cc(Cl)c2)C1=O. The van der Waals surface area contributed by atoms with Crippen molar-refractivity contribution in [3.8, 4) is 0 Å². The molecule has 2 fully saturated rings. The van der Waals surface area contributed by atoms with Gasteiger partial charge >= 0.3 is 0 Å². The molecule has 0 aromatic heterocycles. The highest BCUT2D eigenvalue weighted by molar-refractivity contribution is 6.35. The summed E-state index contributed by atoms with van der Waals surface area (Å²) in [5, 5.41) is 3.85. The fourth-order valence-electron chi connectivity index (χ4n) is 2.88. The number of hydrogen-bond donors (Lipinski definition) is 1. The molecular weight excluding hydrogens is 311 g/mol. The molecular formula is C15H16Cl2N2O2. The molecule has 1 aromatic rings. The molecule has 21 heavy (non-hydrogen) atoms. The Kier molecular flexibility index (Phi) is 3.62. The van der Waals surface area contributed by atoms with Gasteiger partial charge in [0.25, 0.3) is 5.91 Å². The molecule has 2 aliphatic rings. The summed E-state index contributed by atoms with van der Waals surface area (Å²) in [5.74, 6) is 0.0340. The third-order valence-electron chi connectivity index (χ3n) is 4.20. The van der Waals surface area contributed by atoms with Crippen LogP contribution in [0.25, 0.3) is 0 Å². The molecule has 1 aliphatic heterocycles. The van der Waals surface area contributed by atoms with Crippen molar-refractivity contribution >= 4 is 40.7 Å². The average Bonchev–Trinajstić information content (AvgIpc) is 3.21. The van der Waals surface area contributed by atoms with E-state index in [2.05, 4.69) is 5.32 Å². The standard InChI is InChI=1S/C15H16Cl2N2O2/c1-15(9-2-3-9)14(21)19(5-4-13(20)18-15)12-7-10(16)6-11(17)8-12/h6-9H,2-5H2,1H3,(H,18,20). The summed E-state index contributed by atoms with van der Waals surface area (Å²) in [6.07, 6.45) is 2.21. The second kappa shape index (κ2) is 5.18. The van der Waals surface area contributed by atoms with Gasteiger partial charge in [0.15, 0.2) is 0 Å². The first kappa shape index (κ1) is 14.7. The summed E-state index contributed by atoms with van der Waals surface area (Å²) in [5.41, 5.74) is -0.191. The van der Waals surface area contributed by atoms with Crippen molar-refractivity contribution in [2.24, 2.45) is 5.92 Å². The minimum atomic E-state index is -0.831. The minimum absolute atomic E-state index is 0.0887. The van der Waals surface area contributed by atoms with Crippen LogP contribution in [-0.2, 0) is 9.59 Å². The zero-order valence-corrected chi connectivity index (χ0v) is 13.2. The third-order valence-corrected chi connectivity index (χ3v) is 4.64. The number of nitrogens with one attached hydrogen (secondary N) is 1. The predicted octanol–water partition coefficient (Wildman–Crippen LogP) is 3.02. The quantitative estimate of drug-likeness (QED) is 0.908. The highest BCUT2D eigenvalue weighted by Crippen LogP contribution is 2.42. The van der Waals surface area contributed by atoms with Gasteiger partial charge in [-0.15, -0.1) is 0 Å². The maximum absolute atomic E-state index is 12.9. The molecule has 112 valence electrons. The van der Waals surface area contributed by atoms with Gasteiger partial charge in [-0.25, -0.2) is 0 Å². The van der Waals surface area contributed by atoms with E-state index in [0.717, 1.165) is 12.8 Å². The second-order valence-electron chi connectivity index (χ2n) is 5.86. The zero-order valence-electron chi connectivity index (χ0n) is 11.7. The lowest BCUT2D eigenvalue weighted by molar-refractivity contribution is -0.130. The van der Waals surface area contributed by atoms with Gasteiger partial charge in [-0.1, -0.05) is 23.2 Å². The molecule has 3 rings (SSSR count). The largest absolute Gasteiger partial charge is 0.342 e. The normalized spacial score (nSPS) is 26.5. The lowest BCUT2D eigenvalue weighted by Gasteiger charge is -2.32. The molecule has 0 radical (unpaired) electrons. The molecule has 1 aliphatic carbocycles. The number of halogens is 2. The smallest absolute Gasteiger partial charge is 0.252 e. The van der Waals surface area contributed by atoms with Gasteiger partial charge in [0.1, 0.15) is 5.54 Å². The van der Waals surface area contributed by atoms with E-state index in [9.17, 15) is 9.59 Å². The van der Waals surface area contributed by atoms with Crippen LogP contribution >= 0.6 is 23.2 Å². The van der Waals surface area contributed by atoms with Crippen LogP contribution in [0.1, 0.15) is 26.2 Å². The van der Waals surface area contributed by atoms with Crippen molar-refractivity contribution in [3.05, 3.63) is 28.2 Å². The first-order valence-corrected chi connectivity index (χ1v) is 7.75. The van der Waals surface area contributed by atoms with E-state index < -0.39 is 5.54 Å². The number of rotatable bonds is 2. The van der Waals surface area contributed by atoms with Crippen molar-refractivity contribution in [3.63, 3.8) is 0 Å².